The Morgan fingerprint density at radius 3 is 2.33 bits per heavy atom. The van der Waals surface area contributed by atoms with Gasteiger partial charge in [0.25, 0.3) is 11.6 Å². The predicted molar refractivity (Wildman–Crippen MR) is 125 cm³/mol. The molecule has 0 bridgehead atoms. The number of nitro groups is 1. The van der Waals surface area contributed by atoms with Crippen LogP contribution in [0.25, 0.3) is 0 Å². The summed E-state index contributed by atoms with van der Waals surface area (Å²) in [5, 5.41) is 11.3. The fourth-order valence-corrected chi connectivity index (χ4v) is 4.61. The molecule has 1 saturated heterocycles. The molecule has 1 amide bonds. The van der Waals surface area contributed by atoms with E-state index in [-0.39, 0.29) is 17.2 Å². The highest BCUT2D eigenvalue weighted by molar-refractivity contribution is 7.99. The fraction of sp³-hybridized carbons (Fsp3) is 0.208. The molecule has 0 aromatic heterocycles. The molecule has 33 heavy (non-hydrogen) atoms. The van der Waals surface area contributed by atoms with Crippen molar-refractivity contribution in [2.75, 3.05) is 38.2 Å². The number of anilines is 1. The third-order valence-corrected chi connectivity index (χ3v) is 6.59. The van der Waals surface area contributed by atoms with Crippen molar-refractivity contribution in [2.24, 2.45) is 0 Å². The van der Waals surface area contributed by atoms with Gasteiger partial charge in [0.05, 0.1) is 17.6 Å². The van der Waals surface area contributed by atoms with E-state index in [1.54, 1.807) is 30.2 Å². The zero-order chi connectivity index (χ0) is 23.4. The van der Waals surface area contributed by atoms with Gasteiger partial charge in [-0.3, -0.25) is 14.9 Å². The Labute approximate surface area is 194 Å². The van der Waals surface area contributed by atoms with E-state index < -0.39 is 10.7 Å². The van der Waals surface area contributed by atoms with Crippen LogP contribution >= 0.6 is 11.8 Å². The summed E-state index contributed by atoms with van der Waals surface area (Å²) in [6.45, 7) is 2.19. The molecule has 1 aliphatic heterocycles. The van der Waals surface area contributed by atoms with Crippen molar-refractivity contribution in [3.8, 4) is 5.75 Å². The summed E-state index contributed by atoms with van der Waals surface area (Å²) in [5.41, 5.74) is 1.07. The summed E-state index contributed by atoms with van der Waals surface area (Å²) in [5.74, 6) is 0.0670. The monoisotopic (exact) mass is 467 g/mol. The molecule has 0 unspecified atom stereocenters. The number of non-ortho nitro benzene ring substituents is 1. The van der Waals surface area contributed by atoms with Crippen LogP contribution in [0.4, 0.5) is 15.8 Å². The van der Waals surface area contributed by atoms with Crippen molar-refractivity contribution in [3.63, 3.8) is 0 Å². The van der Waals surface area contributed by atoms with Gasteiger partial charge in [0.15, 0.2) is 0 Å². The summed E-state index contributed by atoms with van der Waals surface area (Å²) in [6, 6.07) is 18.1. The minimum absolute atomic E-state index is 0.173. The average Bonchev–Trinajstić information content (AvgIpc) is 2.85. The maximum atomic E-state index is 14.2. The molecule has 9 heteroatoms. The highest BCUT2D eigenvalue weighted by Gasteiger charge is 2.26. The Kier molecular flexibility index (Phi) is 6.79. The molecule has 1 aliphatic rings. The quantitative estimate of drug-likeness (QED) is 0.381. The molecule has 3 aromatic rings. The Balaban J connectivity index is 1.53. The number of rotatable bonds is 6. The van der Waals surface area contributed by atoms with Crippen LogP contribution in [0.1, 0.15) is 10.4 Å². The van der Waals surface area contributed by atoms with E-state index in [2.05, 4.69) is 4.90 Å². The number of hydrogen-bond acceptors (Lipinski definition) is 6. The van der Waals surface area contributed by atoms with Crippen molar-refractivity contribution in [1.82, 2.24) is 4.90 Å². The molecule has 3 aromatic carbocycles. The molecule has 0 aliphatic carbocycles. The zero-order valence-electron chi connectivity index (χ0n) is 17.9. The second kappa shape index (κ2) is 9.91. The van der Waals surface area contributed by atoms with Crippen molar-refractivity contribution < 1.29 is 18.8 Å². The largest absolute Gasteiger partial charge is 0.497 e. The molecule has 0 N–H and O–H groups in total. The van der Waals surface area contributed by atoms with E-state index in [4.69, 9.17) is 4.74 Å². The van der Waals surface area contributed by atoms with Crippen molar-refractivity contribution in [2.45, 2.75) is 9.79 Å². The number of carbonyl (C=O) groups is 1. The molecule has 0 radical (unpaired) electrons. The summed E-state index contributed by atoms with van der Waals surface area (Å²) in [7, 11) is 1.62. The molecule has 0 saturated carbocycles. The lowest BCUT2D eigenvalue weighted by atomic mass is 10.1. The molecule has 170 valence electrons. The number of piperazine rings is 1. The molecule has 7 nitrogen and oxygen atoms in total. The number of ether oxygens (including phenoxy) is 1. The van der Waals surface area contributed by atoms with E-state index >= 15 is 0 Å². The van der Waals surface area contributed by atoms with Crippen molar-refractivity contribution in [3.05, 3.63) is 88.2 Å². The maximum absolute atomic E-state index is 14.2. The number of benzene rings is 3. The molecule has 4 rings (SSSR count). The summed E-state index contributed by atoms with van der Waals surface area (Å²) in [6.07, 6.45) is 0. The standard InChI is InChI=1S/C24H22FN3O4S/c1-32-19-9-6-17(7-10-19)26-12-14-27(15-13-26)24(29)20-16-18(28(30)31)8-11-22(20)33-23-5-3-2-4-21(23)25/h2-11,16H,12-15H2,1H3. The first kappa shape index (κ1) is 22.6. The van der Waals surface area contributed by atoms with Crippen LogP contribution in [0.15, 0.2) is 76.5 Å². The Hall–Kier alpha value is -3.59. The van der Waals surface area contributed by atoms with Gasteiger partial charge in [-0.15, -0.1) is 0 Å². The molecule has 0 spiro atoms. The first-order valence-electron chi connectivity index (χ1n) is 10.4. The normalized spacial score (nSPS) is 13.6. The second-order valence-electron chi connectivity index (χ2n) is 7.45. The fourth-order valence-electron chi connectivity index (χ4n) is 3.66. The van der Waals surface area contributed by atoms with Crippen LogP contribution in [0.5, 0.6) is 5.75 Å². The van der Waals surface area contributed by atoms with Gasteiger partial charge in [-0.25, -0.2) is 4.39 Å². The summed E-state index contributed by atoms with van der Waals surface area (Å²) >= 11 is 1.09. The first-order chi connectivity index (χ1) is 16.0. The maximum Gasteiger partial charge on any atom is 0.270 e. The zero-order valence-corrected chi connectivity index (χ0v) is 18.8. The van der Waals surface area contributed by atoms with Gasteiger partial charge in [-0.2, -0.15) is 0 Å². The van der Waals surface area contributed by atoms with E-state index in [1.807, 2.05) is 24.3 Å². The van der Waals surface area contributed by atoms with Crippen molar-refractivity contribution in [1.29, 1.82) is 0 Å². The van der Waals surface area contributed by atoms with Crippen LogP contribution < -0.4 is 9.64 Å². The van der Waals surface area contributed by atoms with E-state index in [0.29, 0.717) is 36.0 Å². The van der Waals surface area contributed by atoms with Gasteiger partial charge in [0, 0.05) is 53.8 Å². The molecule has 1 heterocycles. The molecule has 0 atom stereocenters. The second-order valence-corrected chi connectivity index (χ2v) is 8.53. The lowest BCUT2D eigenvalue weighted by Crippen LogP contribution is -2.48. The number of nitrogens with zero attached hydrogens (tertiary/aromatic N) is 3. The third-order valence-electron chi connectivity index (χ3n) is 5.47. The van der Waals surface area contributed by atoms with Crippen molar-refractivity contribution >= 4 is 29.0 Å². The number of halogens is 1. The molecule has 1 fully saturated rings. The van der Waals surface area contributed by atoms with Crippen LogP contribution in [-0.2, 0) is 0 Å². The predicted octanol–water partition coefficient (Wildman–Crippen LogP) is 4.86. The SMILES string of the molecule is COc1ccc(N2CCN(C(=O)c3cc([N+](=O)[O-])ccc3Sc3ccccc3F)CC2)cc1. The number of hydrogen-bond donors (Lipinski definition) is 0. The average molecular weight is 468 g/mol. The van der Waals surface area contributed by atoms with Gasteiger partial charge < -0.3 is 14.5 Å². The van der Waals surface area contributed by atoms with Crippen LogP contribution in [0, 0.1) is 15.9 Å². The number of methoxy groups -OCH3 is 1. The van der Waals surface area contributed by atoms with Gasteiger partial charge in [-0.1, -0.05) is 23.9 Å². The van der Waals surface area contributed by atoms with Gasteiger partial charge in [0.2, 0.25) is 0 Å². The minimum Gasteiger partial charge on any atom is -0.497 e. The number of amides is 1. The summed E-state index contributed by atoms with van der Waals surface area (Å²) < 4.78 is 19.4. The Bertz CT molecular complexity index is 1160. The molecular weight excluding hydrogens is 445 g/mol. The summed E-state index contributed by atoms with van der Waals surface area (Å²) in [4.78, 5) is 28.8. The van der Waals surface area contributed by atoms with Gasteiger partial charge in [-0.05, 0) is 42.5 Å². The number of carbonyl (C=O) groups excluding carboxylic acids is 1. The lowest BCUT2D eigenvalue weighted by molar-refractivity contribution is -0.384. The van der Waals surface area contributed by atoms with E-state index in [1.165, 1.54) is 24.3 Å². The highest BCUT2D eigenvalue weighted by Crippen LogP contribution is 2.35. The van der Waals surface area contributed by atoms with E-state index in [0.717, 1.165) is 23.2 Å². The van der Waals surface area contributed by atoms with Crippen LogP contribution in [-0.4, -0.2) is 49.0 Å². The smallest absolute Gasteiger partial charge is 0.270 e. The first-order valence-corrected chi connectivity index (χ1v) is 11.2. The van der Waals surface area contributed by atoms with Crippen LogP contribution in [0.2, 0.25) is 0 Å². The van der Waals surface area contributed by atoms with Gasteiger partial charge >= 0.3 is 0 Å². The lowest BCUT2D eigenvalue weighted by Gasteiger charge is -2.36. The Morgan fingerprint density at radius 1 is 1.00 bits per heavy atom. The molecular formula is C24H22FN3O4S. The van der Waals surface area contributed by atoms with Crippen LogP contribution in [0.3, 0.4) is 0 Å². The van der Waals surface area contributed by atoms with Gasteiger partial charge in [0.1, 0.15) is 11.6 Å². The van der Waals surface area contributed by atoms with E-state index in [9.17, 15) is 19.3 Å². The highest BCUT2D eigenvalue weighted by atomic mass is 32.2. The minimum atomic E-state index is -0.532. The topological polar surface area (TPSA) is 75.9 Å². The third kappa shape index (κ3) is 5.09. The number of nitro benzene ring substituents is 1. The Morgan fingerprint density at radius 2 is 1.70 bits per heavy atom.